The van der Waals surface area contributed by atoms with Crippen LogP contribution in [-0.2, 0) is 9.53 Å². The fourth-order valence-corrected chi connectivity index (χ4v) is 2.32. The van der Waals surface area contributed by atoms with Crippen LogP contribution in [0.25, 0.3) is 0 Å². The lowest BCUT2D eigenvalue weighted by Crippen LogP contribution is -2.21. The molecule has 0 spiro atoms. The lowest BCUT2D eigenvalue weighted by molar-refractivity contribution is -0.114. The van der Waals surface area contributed by atoms with Gasteiger partial charge in [0.05, 0.1) is 23.2 Å². The topological polar surface area (TPSA) is 59.6 Å². The number of anilines is 2. The van der Waals surface area contributed by atoms with Gasteiger partial charge in [0, 0.05) is 24.0 Å². The number of rotatable bonds is 9. The highest BCUT2D eigenvalue weighted by Gasteiger charge is 2.05. The van der Waals surface area contributed by atoms with Crippen molar-refractivity contribution in [3.63, 3.8) is 0 Å². The molecule has 0 aliphatic rings. The number of ether oxygens (including phenoxy) is 2. The van der Waals surface area contributed by atoms with E-state index in [2.05, 4.69) is 10.6 Å². The maximum atomic E-state index is 12.0. The molecule has 2 aromatic rings. The number of halogens is 2. The summed E-state index contributed by atoms with van der Waals surface area (Å²) in [6.07, 6.45) is 0. The first-order valence-electron chi connectivity index (χ1n) is 7.88. The molecule has 0 radical (unpaired) electrons. The molecular weight excluding hydrogens is 363 g/mol. The van der Waals surface area contributed by atoms with Gasteiger partial charge in [-0.1, -0.05) is 29.3 Å². The van der Waals surface area contributed by atoms with Gasteiger partial charge >= 0.3 is 0 Å². The van der Waals surface area contributed by atoms with Gasteiger partial charge < -0.3 is 20.1 Å². The smallest absolute Gasteiger partial charge is 0.243 e. The number of hydrogen-bond acceptors (Lipinski definition) is 4. The zero-order valence-electron chi connectivity index (χ0n) is 13.9. The second-order valence-corrected chi connectivity index (χ2v) is 5.92. The Labute approximate surface area is 157 Å². The first kappa shape index (κ1) is 19.4. The number of carbonyl (C=O) groups excluding carboxylic acids is 1. The fraction of sp³-hybridized carbons (Fsp3) is 0.278. The molecule has 2 N–H and O–H groups in total. The van der Waals surface area contributed by atoms with Crippen molar-refractivity contribution < 1.29 is 14.3 Å². The molecule has 0 saturated heterocycles. The van der Waals surface area contributed by atoms with Gasteiger partial charge in [-0.25, -0.2) is 0 Å². The first-order valence-corrected chi connectivity index (χ1v) is 8.63. The predicted molar refractivity (Wildman–Crippen MR) is 102 cm³/mol. The van der Waals surface area contributed by atoms with Gasteiger partial charge in [-0.05, 0) is 37.3 Å². The number of nitrogens with one attached hydrogen (secondary N) is 2. The quantitative estimate of drug-likeness (QED) is 0.628. The van der Waals surface area contributed by atoms with Crippen LogP contribution in [0.1, 0.15) is 6.92 Å². The highest BCUT2D eigenvalue weighted by Crippen LogP contribution is 2.25. The van der Waals surface area contributed by atoms with Crippen molar-refractivity contribution in [1.82, 2.24) is 0 Å². The van der Waals surface area contributed by atoms with Crippen molar-refractivity contribution in [3.05, 3.63) is 52.5 Å². The fourth-order valence-electron chi connectivity index (χ4n) is 2.02. The van der Waals surface area contributed by atoms with Crippen LogP contribution < -0.4 is 15.4 Å². The van der Waals surface area contributed by atoms with Crippen LogP contribution in [0, 0.1) is 0 Å². The zero-order valence-corrected chi connectivity index (χ0v) is 15.4. The maximum absolute atomic E-state index is 12.0. The Balaban J connectivity index is 1.81. The predicted octanol–water partition coefficient (Wildman–Crippen LogP) is 4.46. The van der Waals surface area contributed by atoms with E-state index in [0.717, 1.165) is 11.4 Å². The van der Waals surface area contributed by atoms with Gasteiger partial charge in [0.15, 0.2) is 0 Å². The van der Waals surface area contributed by atoms with E-state index in [-0.39, 0.29) is 12.5 Å². The number of amides is 1. The molecule has 0 fully saturated rings. The van der Waals surface area contributed by atoms with Gasteiger partial charge in [0.25, 0.3) is 0 Å². The SMILES string of the molecule is CCOCCOc1cccc(NCC(=O)Nc2ccc(Cl)c(Cl)c2)c1. The molecule has 7 heteroatoms. The van der Waals surface area contributed by atoms with Crippen LogP contribution in [0.5, 0.6) is 5.75 Å². The van der Waals surface area contributed by atoms with Crippen molar-refractivity contribution in [1.29, 1.82) is 0 Å². The summed E-state index contributed by atoms with van der Waals surface area (Å²) in [4.78, 5) is 12.0. The molecule has 0 aliphatic heterocycles. The molecule has 0 aromatic heterocycles. The van der Waals surface area contributed by atoms with Crippen LogP contribution in [-0.4, -0.2) is 32.3 Å². The van der Waals surface area contributed by atoms with Crippen molar-refractivity contribution in [2.24, 2.45) is 0 Å². The van der Waals surface area contributed by atoms with Gasteiger partial charge in [-0.3, -0.25) is 4.79 Å². The largest absolute Gasteiger partial charge is 0.491 e. The van der Waals surface area contributed by atoms with E-state index in [4.69, 9.17) is 32.7 Å². The minimum absolute atomic E-state index is 0.114. The Kier molecular flexibility index (Phi) is 7.85. The summed E-state index contributed by atoms with van der Waals surface area (Å²) in [5, 5.41) is 6.64. The van der Waals surface area contributed by atoms with Crippen LogP contribution in [0.3, 0.4) is 0 Å². The summed E-state index contributed by atoms with van der Waals surface area (Å²) < 4.78 is 10.8. The molecular formula is C18H20Cl2N2O3. The minimum Gasteiger partial charge on any atom is -0.491 e. The molecule has 5 nitrogen and oxygen atoms in total. The maximum Gasteiger partial charge on any atom is 0.243 e. The van der Waals surface area contributed by atoms with E-state index >= 15 is 0 Å². The summed E-state index contributed by atoms with van der Waals surface area (Å²) in [5.74, 6) is 0.524. The second kappa shape index (κ2) is 10.1. The van der Waals surface area contributed by atoms with Crippen molar-refractivity contribution in [2.45, 2.75) is 6.92 Å². The van der Waals surface area contributed by atoms with E-state index in [1.165, 1.54) is 0 Å². The third-order valence-electron chi connectivity index (χ3n) is 3.19. The normalized spacial score (nSPS) is 10.4. The third kappa shape index (κ3) is 6.82. The van der Waals surface area contributed by atoms with Crippen molar-refractivity contribution >= 4 is 40.5 Å². The Bertz CT molecular complexity index is 710. The molecule has 2 rings (SSSR count). The number of hydrogen-bond donors (Lipinski definition) is 2. The number of benzene rings is 2. The average molecular weight is 383 g/mol. The molecule has 0 atom stereocenters. The van der Waals surface area contributed by atoms with E-state index in [1.54, 1.807) is 18.2 Å². The van der Waals surface area contributed by atoms with Crippen molar-refractivity contribution in [3.8, 4) is 5.75 Å². The lowest BCUT2D eigenvalue weighted by atomic mass is 10.3. The number of carbonyl (C=O) groups is 1. The first-order chi connectivity index (χ1) is 12.1. The lowest BCUT2D eigenvalue weighted by Gasteiger charge is -2.10. The molecule has 134 valence electrons. The van der Waals surface area contributed by atoms with Crippen LogP contribution in [0.4, 0.5) is 11.4 Å². The molecule has 0 saturated carbocycles. The Morgan fingerprint density at radius 3 is 2.64 bits per heavy atom. The molecule has 1 amide bonds. The summed E-state index contributed by atoms with van der Waals surface area (Å²) >= 11 is 11.8. The van der Waals surface area contributed by atoms with Gasteiger partial charge in [-0.15, -0.1) is 0 Å². The Hall–Kier alpha value is -1.95. The monoisotopic (exact) mass is 382 g/mol. The Morgan fingerprint density at radius 1 is 1.04 bits per heavy atom. The van der Waals surface area contributed by atoms with Crippen LogP contribution in [0.2, 0.25) is 10.0 Å². The highest BCUT2D eigenvalue weighted by atomic mass is 35.5. The highest BCUT2D eigenvalue weighted by molar-refractivity contribution is 6.42. The van der Waals surface area contributed by atoms with Gasteiger partial charge in [0.1, 0.15) is 12.4 Å². The summed E-state index contributed by atoms with van der Waals surface area (Å²) in [6.45, 7) is 3.74. The summed E-state index contributed by atoms with van der Waals surface area (Å²) in [6, 6.07) is 12.3. The molecule has 0 aliphatic carbocycles. The minimum atomic E-state index is -0.193. The molecule has 0 bridgehead atoms. The third-order valence-corrected chi connectivity index (χ3v) is 3.93. The molecule has 2 aromatic carbocycles. The Morgan fingerprint density at radius 2 is 1.88 bits per heavy atom. The van der Waals surface area contributed by atoms with E-state index in [1.807, 2.05) is 31.2 Å². The van der Waals surface area contributed by atoms with E-state index < -0.39 is 0 Å². The van der Waals surface area contributed by atoms with Crippen LogP contribution in [0.15, 0.2) is 42.5 Å². The average Bonchev–Trinajstić information content (AvgIpc) is 2.61. The molecule has 0 unspecified atom stereocenters. The molecule has 0 heterocycles. The zero-order chi connectivity index (χ0) is 18.1. The van der Waals surface area contributed by atoms with E-state index in [0.29, 0.717) is 35.6 Å². The standard InChI is InChI=1S/C18H20Cl2N2O3/c1-2-24-8-9-25-15-5-3-4-13(10-15)21-12-18(23)22-14-6-7-16(19)17(20)11-14/h3-7,10-11,21H,2,8-9,12H2,1H3,(H,22,23). The van der Waals surface area contributed by atoms with Crippen LogP contribution >= 0.6 is 23.2 Å². The molecule has 25 heavy (non-hydrogen) atoms. The second-order valence-electron chi connectivity index (χ2n) is 5.10. The van der Waals surface area contributed by atoms with Gasteiger partial charge in [0.2, 0.25) is 5.91 Å². The van der Waals surface area contributed by atoms with E-state index in [9.17, 15) is 4.79 Å². The summed E-state index contributed by atoms with van der Waals surface area (Å²) in [7, 11) is 0. The summed E-state index contributed by atoms with van der Waals surface area (Å²) in [5.41, 5.74) is 1.38. The van der Waals surface area contributed by atoms with Gasteiger partial charge in [-0.2, -0.15) is 0 Å². The van der Waals surface area contributed by atoms with Crippen molar-refractivity contribution in [2.75, 3.05) is 37.0 Å².